The lowest BCUT2D eigenvalue weighted by molar-refractivity contribution is -0.138. The van der Waals surface area contributed by atoms with E-state index in [-0.39, 0.29) is 20.3 Å². The van der Waals surface area contributed by atoms with Crippen LogP contribution in [-0.4, -0.2) is 23.0 Å². The Morgan fingerprint density at radius 3 is 2.18 bits per heavy atom. The van der Waals surface area contributed by atoms with Crippen LogP contribution >= 0.6 is 0 Å². The first-order valence-corrected chi connectivity index (χ1v) is 2.80. The third-order valence-electron chi connectivity index (χ3n) is 1.02. The number of hydrogen-bond donors (Lipinski definition) is 3. The molecule has 5 heteroatoms. The molecule has 5 N–H and O–H groups in total. The van der Waals surface area contributed by atoms with E-state index in [0.29, 0.717) is 0 Å². The molecule has 0 aliphatic carbocycles. The lowest BCUT2D eigenvalue weighted by atomic mass is 10.2. The molecule has 0 bridgehead atoms. The van der Waals surface area contributed by atoms with E-state index in [4.69, 9.17) is 16.6 Å². The number of carboxylic acid groups (broad SMARTS) is 1. The number of rotatable bonds is 4. The molecule has 5 nitrogen and oxygen atoms in total. The highest BCUT2D eigenvalue weighted by Crippen LogP contribution is 1.92. The Balaban J connectivity index is 0. The molecular formula is C6H14N2O3. The van der Waals surface area contributed by atoms with Gasteiger partial charge in [-0.05, 0) is 6.42 Å². The van der Waals surface area contributed by atoms with Crippen molar-refractivity contribution in [3.63, 3.8) is 0 Å². The molecule has 0 aromatic rings. The van der Waals surface area contributed by atoms with Crippen molar-refractivity contribution in [1.29, 1.82) is 0 Å². The van der Waals surface area contributed by atoms with Gasteiger partial charge in [-0.15, -0.1) is 0 Å². The van der Waals surface area contributed by atoms with E-state index in [1.807, 2.05) is 0 Å². The number of aliphatic carboxylic acids is 1. The van der Waals surface area contributed by atoms with Gasteiger partial charge in [0.15, 0.2) is 0 Å². The number of primary amides is 1. The van der Waals surface area contributed by atoms with Gasteiger partial charge in [0.25, 0.3) is 0 Å². The van der Waals surface area contributed by atoms with Crippen molar-refractivity contribution >= 4 is 11.9 Å². The average Bonchev–Trinajstić information content (AvgIpc) is 1.82. The predicted octanol–water partition coefficient (Wildman–Crippen LogP) is -0.700. The largest absolute Gasteiger partial charge is 0.480 e. The van der Waals surface area contributed by atoms with E-state index < -0.39 is 17.9 Å². The molecule has 0 radical (unpaired) electrons. The first kappa shape index (κ1) is 12.6. The number of carbonyl (C=O) groups excluding carboxylic acids is 1. The van der Waals surface area contributed by atoms with E-state index in [0.717, 1.165) is 0 Å². The second-order valence-electron chi connectivity index (χ2n) is 1.95. The Labute approximate surface area is 65.4 Å². The SMILES string of the molecule is C.NC(=O)CC[C@@H](N)C(=O)O. The minimum absolute atomic E-state index is 0. The Morgan fingerprint density at radius 1 is 1.45 bits per heavy atom. The molecule has 0 aliphatic heterocycles. The Kier molecular flexibility index (Phi) is 6.47. The van der Waals surface area contributed by atoms with Gasteiger partial charge in [0.1, 0.15) is 6.04 Å². The third-order valence-corrected chi connectivity index (χ3v) is 1.02. The first-order chi connectivity index (χ1) is 4.54. The maximum atomic E-state index is 10.1. The van der Waals surface area contributed by atoms with Crippen molar-refractivity contribution in [2.24, 2.45) is 11.5 Å². The van der Waals surface area contributed by atoms with Crippen LogP contribution in [0, 0.1) is 0 Å². The Hall–Kier alpha value is -1.10. The molecule has 0 aromatic heterocycles. The molecule has 11 heavy (non-hydrogen) atoms. The first-order valence-electron chi connectivity index (χ1n) is 2.80. The topological polar surface area (TPSA) is 106 Å². The summed E-state index contributed by atoms with van der Waals surface area (Å²) in [4.78, 5) is 20.1. The lowest BCUT2D eigenvalue weighted by Gasteiger charge is -2.01. The highest BCUT2D eigenvalue weighted by atomic mass is 16.4. The smallest absolute Gasteiger partial charge is 0.320 e. The quantitative estimate of drug-likeness (QED) is 0.508. The fourth-order valence-electron chi connectivity index (χ4n) is 0.421. The van der Waals surface area contributed by atoms with Gasteiger partial charge in [0.2, 0.25) is 5.91 Å². The molecule has 0 spiro atoms. The van der Waals surface area contributed by atoms with Gasteiger partial charge in [-0.25, -0.2) is 0 Å². The Morgan fingerprint density at radius 2 is 1.91 bits per heavy atom. The predicted molar refractivity (Wildman–Crippen MR) is 40.8 cm³/mol. The van der Waals surface area contributed by atoms with Crippen molar-refractivity contribution in [2.75, 3.05) is 0 Å². The van der Waals surface area contributed by atoms with Crippen LogP contribution in [0.15, 0.2) is 0 Å². The summed E-state index contributed by atoms with van der Waals surface area (Å²) in [6, 6.07) is -0.979. The van der Waals surface area contributed by atoms with Gasteiger partial charge >= 0.3 is 5.97 Å². The van der Waals surface area contributed by atoms with E-state index in [1.165, 1.54) is 0 Å². The standard InChI is InChI=1S/C5H10N2O3.CH4/c6-3(5(9)10)1-2-4(7)8;/h3H,1-2,6H2,(H2,7,8)(H,9,10);1H4/t3-;/m1./s1. The van der Waals surface area contributed by atoms with Gasteiger partial charge in [-0.3, -0.25) is 9.59 Å². The number of nitrogens with two attached hydrogens (primary N) is 2. The summed E-state index contributed by atoms with van der Waals surface area (Å²) in [7, 11) is 0. The fourth-order valence-corrected chi connectivity index (χ4v) is 0.421. The van der Waals surface area contributed by atoms with Crippen LogP contribution in [-0.2, 0) is 9.59 Å². The zero-order chi connectivity index (χ0) is 8.15. The van der Waals surface area contributed by atoms with Gasteiger partial charge in [-0.2, -0.15) is 0 Å². The van der Waals surface area contributed by atoms with E-state index in [9.17, 15) is 9.59 Å². The van der Waals surface area contributed by atoms with Crippen molar-refractivity contribution in [3.05, 3.63) is 0 Å². The lowest BCUT2D eigenvalue weighted by Crippen LogP contribution is -2.31. The van der Waals surface area contributed by atoms with Crippen LogP contribution in [0.2, 0.25) is 0 Å². The average molecular weight is 162 g/mol. The van der Waals surface area contributed by atoms with Crippen molar-refractivity contribution in [3.8, 4) is 0 Å². The second kappa shape index (κ2) is 5.67. The second-order valence-corrected chi connectivity index (χ2v) is 1.95. The number of carbonyl (C=O) groups is 2. The van der Waals surface area contributed by atoms with E-state index in [1.54, 1.807) is 0 Å². The van der Waals surface area contributed by atoms with E-state index in [2.05, 4.69) is 0 Å². The van der Waals surface area contributed by atoms with Crippen molar-refractivity contribution in [1.82, 2.24) is 0 Å². The summed E-state index contributed by atoms with van der Waals surface area (Å²) < 4.78 is 0. The van der Waals surface area contributed by atoms with Gasteiger partial charge in [-0.1, -0.05) is 7.43 Å². The summed E-state index contributed by atoms with van der Waals surface area (Å²) in [6.07, 6.45) is 0.123. The number of amides is 1. The molecule has 0 unspecified atom stereocenters. The highest BCUT2D eigenvalue weighted by molar-refractivity contribution is 5.76. The molecule has 1 atom stereocenters. The molecule has 0 rings (SSSR count). The summed E-state index contributed by atoms with van der Waals surface area (Å²) in [6.45, 7) is 0. The summed E-state index contributed by atoms with van der Waals surface area (Å²) in [5, 5.41) is 8.22. The van der Waals surface area contributed by atoms with Gasteiger partial charge in [0, 0.05) is 6.42 Å². The zero-order valence-corrected chi connectivity index (χ0v) is 5.41. The van der Waals surface area contributed by atoms with Gasteiger partial charge in [0.05, 0.1) is 0 Å². The minimum atomic E-state index is -1.11. The highest BCUT2D eigenvalue weighted by Gasteiger charge is 2.11. The maximum absolute atomic E-state index is 10.1. The fraction of sp³-hybridized carbons (Fsp3) is 0.667. The Bertz CT molecular complexity index is 147. The minimum Gasteiger partial charge on any atom is -0.480 e. The molecule has 0 aromatic carbocycles. The monoisotopic (exact) mass is 162 g/mol. The summed E-state index contributed by atoms with van der Waals surface area (Å²) in [5.74, 6) is -1.64. The molecule has 66 valence electrons. The third kappa shape index (κ3) is 6.79. The summed E-state index contributed by atoms with van der Waals surface area (Å²) in [5.41, 5.74) is 9.81. The number of hydrogen-bond acceptors (Lipinski definition) is 3. The molecule has 0 saturated heterocycles. The molecule has 0 saturated carbocycles. The van der Waals surface area contributed by atoms with E-state index >= 15 is 0 Å². The molecular weight excluding hydrogens is 148 g/mol. The van der Waals surface area contributed by atoms with Crippen LogP contribution in [0.3, 0.4) is 0 Å². The number of carboxylic acids is 1. The summed E-state index contributed by atoms with van der Waals surface area (Å²) >= 11 is 0. The van der Waals surface area contributed by atoms with Crippen molar-refractivity contribution < 1.29 is 14.7 Å². The molecule has 1 amide bonds. The normalized spacial score (nSPS) is 11.4. The molecule has 0 fully saturated rings. The van der Waals surface area contributed by atoms with Crippen LogP contribution in [0.25, 0.3) is 0 Å². The van der Waals surface area contributed by atoms with Crippen LogP contribution in [0.4, 0.5) is 0 Å². The molecule has 0 aliphatic rings. The zero-order valence-electron chi connectivity index (χ0n) is 5.41. The maximum Gasteiger partial charge on any atom is 0.320 e. The molecule has 0 heterocycles. The van der Waals surface area contributed by atoms with Gasteiger partial charge < -0.3 is 16.6 Å². The van der Waals surface area contributed by atoms with Crippen LogP contribution in [0.5, 0.6) is 0 Å². The van der Waals surface area contributed by atoms with Crippen LogP contribution in [0.1, 0.15) is 20.3 Å². The van der Waals surface area contributed by atoms with Crippen molar-refractivity contribution in [2.45, 2.75) is 26.3 Å². The van der Waals surface area contributed by atoms with Crippen LogP contribution < -0.4 is 11.5 Å².